The van der Waals surface area contributed by atoms with Gasteiger partial charge in [-0.2, -0.15) is 0 Å². The highest BCUT2D eigenvalue weighted by Crippen LogP contribution is 2.06. The highest BCUT2D eigenvalue weighted by atomic mass is 16.4. The van der Waals surface area contributed by atoms with Crippen molar-refractivity contribution in [2.45, 2.75) is 57.7 Å². The van der Waals surface area contributed by atoms with Crippen LogP contribution in [0.3, 0.4) is 0 Å². The molecule has 10 N–H and O–H groups in total. The van der Waals surface area contributed by atoms with Crippen molar-refractivity contribution in [3.8, 4) is 0 Å². The van der Waals surface area contributed by atoms with E-state index in [0.717, 1.165) is 5.56 Å². The number of nitrogens with two attached hydrogens (primary N) is 3. The summed E-state index contributed by atoms with van der Waals surface area (Å²) in [5.41, 5.74) is 17.1. The Morgan fingerprint density at radius 3 is 2.23 bits per heavy atom. The number of nitrogens with zero attached hydrogens (tertiary/aromatic N) is 1. The number of nitrogens with one attached hydrogen (secondary N) is 3. The third-order valence-corrected chi connectivity index (χ3v) is 4.98. The Bertz CT molecular complexity index is 872. The molecular formula is C23H37N7O5. The molecule has 1 rings (SSSR count). The molecule has 1 aromatic carbocycles. The second kappa shape index (κ2) is 15.3. The second-order valence-electron chi connectivity index (χ2n) is 8.61. The summed E-state index contributed by atoms with van der Waals surface area (Å²) in [7, 11) is 0. The quantitative estimate of drug-likeness (QED) is 0.0898. The summed E-state index contributed by atoms with van der Waals surface area (Å²) in [6.07, 6.45) is 1.01. The van der Waals surface area contributed by atoms with E-state index in [9.17, 15) is 24.3 Å². The lowest BCUT2D eigenvalue weighted by atomic mass is 10.0. The molecule has 3 amide bonds. The number of carboxylic acids is 1. The average molecular weight is 492 g/mol. The molecule has 0 saturated carbocycles. The number of hydrogen-bond donors (Lipinski definition) is 7. The van der Waals surface area contributed by atoms with E-state index < -0.39 is 41.8 Å². The van der Waals surface area contributed by atoms with Crippen molar-refractivity contribution in [3.63, 3.8) is 0 Å². The fourth-order valence-electron chi connectivity index (χ4n) is 3.25. The zero-order valence-electron chi connectivity index (χ0n) is 20.2. The number of aliphatic carboxylic acids is 1. The number of carbonyl (C=O) groups is 4. The minimum atomic E-state index is -1.22. The predicted octanol–water partition coefficient (Wildman–Crippen LogP) is -1.17. The lowest BCUT2D eigenvalue weighted by Crippen LogP contribution is -2.54. The minimum Gasteiger partial charge on any atom is -0.480 e. The first-order valence-corrected chi connectivity index (χ1v) is 11.4. The number of carbonyl (C=O) groups excluding carboxylic acids is 3. The fourth-order valence-corrected chi connectivity index (χ4v) is 3.25. The summed E-state index contributed by atoms with van der Waals surface area (Å²) in [6, 6.07) is 5.93. The van der Waals surface area contributed by atoms with Crippen LogP contribution in [0.25, 0.3) is 0 Å². The van der Waals surface area contributed by atoms with Gasteiger partial charge in [0.15, 0.2) is 5.96 Å². The van der Waals surface area contributed by atoms with Crippen molar-refractivity contribution in [3.05, 3.63) is 35.9 Å². The molecule has 0 aliphatic heterocycles. The van der Waals surface area contributed by atoms with Crippen LogP contribution in [0.5, 0.6) is 0 Å². The van der Waals surface area contributed by atoms with Gasteiger partial charge < -0.3 is 38.3 Å². The summed E-state index contributed by atoms with van der Waals surface area (Å²) in [5, 5.41) is 17.0. The molecule has 0 spiro atoms. The Kier molecular flexibility index (Phi) is 12.8. The van der Waals surface area contributed by atoms with Crippen LogP contribution in [0.15, 0.2) is 35.3 Å². The molecule has 0 fully saturated rings. The fraction of sp³-hybridized carbons (Fsp3) is 0.522. The molecule has 0 aliphatic rings. The molecule has 35 heavy (non-hydrogen) atoms. The van der Waals surface area contributed by atoms with Gasteiger partial charge in [0.2, 0.25) is 17.7 Å². The molecule has 12 heteroatoms. The van der Waals surface area contributed by atoms with Gasteiger partial charge in [-0.1, -0.05) is 44.2 Å². The van der Waals surface area contributed by atoms with Gasteiger partial charge in [-0.3, -0.25) is 19.4 Å². The molecule has 0 aromatic heterocycles. The normalized spacial score (nSPS) is 13.3. The Balaban J connectivity index is 2.82. The number of carboxylic acid groups (broad SMARTS) is 1. The molecule has 12 nitrogen and oxygen atoms in total. The zero-order chi connectivity index (χ0) is 26.4. The Morgan fingerprint density at radius 1 is 1.00 bits per heavy atom. The number of amides is 3. The molecule has 194 valence electrons. The predicted molar refractivity (Wildman–Crippen MR) is 132 cm³/mol. The Morgan fingerprint density at radius 2 is 1.66 bits per heavy atom. The van der Waals surface area contributed by atoms with E-state index in [2.05, 4.69) is 20.9 Å². The molecular weight excluding hydrogens is 454 g/mol. The number of benzene rings is 1. The van der Waals surface area contributed by atoms with Gasteiger partial charge in [0.05, 0.1) is 12.6 Å². The summed E-state index contributed by atoms with van der Waals surface area (Å²) < 4.78 is 0. The van der Waals surface area contributed by atoms with Crippen LogP contribution in [0.2, 0.25) is 0 Å². The van der Waals surface area contributed by atoms with Crippen molar-refractivity contribution in [2.75, 3.05) is 13.1 Å². The van der Waals surface area contributed by atoms with Crippen LogP contribution in [0.1, 0.15) is 38.7 Å². The summed E-state index contributed by atoms with van der Waals surface area (Å²) >= 11 is 0. The number of rotatable bonds is 15. The molecule has 3 atom stereocenters. The van der Waals surface area contributed by atoms with Crippen LogP contribution in [-0.4, -0.2) is 66.0 Å². The van der Waals surface area contributed by atoms with Crippen LogP contribution in [0.4, 0.5) is 0 Å². The molecule has 0 saturated heterocycles. The van der Waals surface area contributed by atoms with Crippen LogP contribution < -0.4 is 33.2 Å². The molecule has 0 bridgehead atoms. The van der Waals surface area contributed by atoms with Gasteiger partial charge >= 0.3 is 5.97 Å². The van der Waals surface area contributed by atoms with E-state index in [1.54, 1.807) is 24.3 Å². The van der Waals surface area contributed by atoms with E-state index in [0.29, 0.717) is 12.8 Å². The SMILES string of the molecule is CC(C)CC(N)C(=O)NCC(=O)NC(Cc1ccccc1)C(=O)NC(CCCN=C(N)N)C(=O)O. The minimum absolute atomic E-state index is 0.0909. The highest BCUT2D eigenvalue weighted by Gasteiger charge is 2.27. The largest absolute Gasteiger partial charge is 0.480 e. The highest BCUT2D eigenvalue weighted by molar-refractivity contribution is 5.92. The van der Waals surface area contributed by atoms with Gasteiger partial charge in [0, 0.05) is 13.0 Å². The molecule has 0 radical (unpaired) electrons. The van der Waals surface area contributed by atoms with Gasteiger partial charge in [-0.25, -0.2) is 4.79 Å². The summed E-state index contributed by atoms with van der Waals surface area (Å²) in [5.74, 6) is -2.86. The van der Waals surface area contributed by atoms with E-state index >= 15 is 0 Å². The van der Waals surface area contributed by atoms with Gasteiger partial charge in [0.25, 0.3) is 0 Å². The van der Waals surface area contributed by atoms with E-state index in [1.807, 2.05) is 19.9 Å². The van der Waals surface area contributed by atoms with Gasteiger partial charge in [0.1, 0.15) is 12.1 Å². The standard InChI is InChI=1S/C23H37N7O5/c1-14(2)11-16(24)20(32)28-13-19(31)29-18(12-15-7-4-3-5-8-15)21(33)30-17(22(34)35)9-6-10-27-23(25)26/h3-5,7-8,14,16-18H,6,9-13,24H2,1-2H3,(H,28,32)(H,29,31)(H,30,33)(H,34,35)(H4,25,26,27). The lowest BCUT2D eigenvalue weighted by molar-refractivity contribution is -0.142. The third-order valence-electron chi connectivity index (χ3n) is 4.98. The number of aliphatic imine (C=N–C) groups is 1. The van der Waals surface area contributed by atoms with Crippen molar-refractivity contribution in [1.82, 2.24) is 16.0 Å². The summed E-state index contributed by atoms with van der Waals surface area (Å²) in [4.78, 5) is 53.0. The van der Waals surface area contributed by atoms with Crippen molar-refractivity contribution < 1.29 is 24.3 Å². The maximum absolute atomic E-state index is 12.9. The lowest BCUT2D eigenvalue weighted by Gasteiger charge is -2.22. The van der Waals surface area contributed by atoms with E-state index in [-0.39, 0.29) is 37.8 Å². The third kappa shape index (κ3) is 12.4. The molecule has 3 unspecified atom stereocenters. The topological polar surface area (TPSA) is 215 Å². The maximum Gasteiger partial charge on any atom is 0.326 e. The van der Waals surface area contributed by atoms with Crippen molar-refractivity contribution >= 4 is 29.7 Å². The Labute approximate surface area is 205 Å². The van der Waals surface area contributed by atoms with Crippen LogP contribution in [-0.2, 0) is 25.6 Å². The van der Waals surface area contributed by atoms with Gasteiger partial charge in [-0.15, -0.1) is 0 Å². The van der Waals surface area contributed by atoms with Crippen LogP contribution in [0, 0.1) is 5.92 Å². The monoisotopic (exact) mass is 491 g/mol. The van der Waals surface area contributed by atoms with Crippen LogP contribution >= 0.6 is 0 Å². The Hall–Kier alpha value is -3.67. The summed E-state index contributed by atoms with van der Waals surface area (Å²) in [6.45, 7) is 3.70. The molecule has 1 aromatic rings. The van der Waals surface area contributed by atoms with E-state index in [4.69, 9.17) is 17.2 Å². The molecule has 0 aliphatic carbocycles. The van der Waals surface area contributed by atoms with Gasteiger partial charge in [-0.05, 0) is 30.7 Å². The average Bonchev–Trinajstić information content (AvgIpc) is 2.78. The molecule has 0 heterocycles. The first kappa shape index (κ1) is 29.4. The van der Waals surface area contributed by atoms with Crippen molar-refractivity contribution in [2.24, 2.45) is 28.1 Å². The zero-order valence-corrected chi connectivity index (χ0v) is 20.2. The second-order valence-corrected chi connectivity index (χ2v) is 8.61. The van der Waals surface area contributed by atoms with Crippen molar-refractivity contribution in [1.29, 1.82) is 0 Å². The number of guanidine groups is 1. The van der Waals surface area contributed by atoms with E-state index in [1.165, 1.54) is 0 Å². The maximum atomic E-state index is 12.9. The number of hydrogen-bond acceptors (Lipinski definition) is 6. The smallest absolute Gasteiger partial charge is 0.326 e. The first-order valence-electron chi connectivity index (χ1n) is 11.4. The first-order chi connectivity index (χ1) is 16.5.